The molecule has 0 aliphatic heterocycles. The summed E-state index contributed by atoms with van der Waals surface area (Å²) in [6, 6.07) is 8.89. The fraction of sp³-hybridized carbons (Fsp3) is 0.267. The molecular weight excluding hydrogens is 281 g/mol. The number of anilines is 1. The third-order valence-corrected chi connectivity index (χ3v) is 2.84. The van der Waals surface area contributed by atoms with Crippen LogP contribution in [0, 0.1) is 0 Å². The highest BCUT2D eigenvalue weighted by molar-refractivity contribution is 5.50. The lowest BCUT2D eigenvalue weighted by atomic mass is 10.1. The first-order valence-corrected chi connectivity index (χ1v) is 6.49. The number of ether oxygens (including phenoxy) is 1. The van der Waals surface area contributed by atoms with Crippen molar-refractivity contribution >= 4 is 5.82 Å². The second-order valence-corrected chi connectivity index (χ2v) is 4.29. The Morgan fingerprint density at radius 1 is 1.14 bits per heavy atom. The van der Waals surface area contributed by atoms with Gasteiger partial charge in [0.2, 0.25) is 0 Å². The van der Waals surface area contributed by atoms with E-state index < -0.39 is 11.7 Å². The molecule has 1 N–H and O–H groups in total. The summed E-state index contributed by atoms with van der Waals surface area (Å²) in [5, 5.41) is 2.89. The molecule has 0 fully saturated rings. The van der Waals surface area contributed by atoms with Crippen LogP contribution in [0.4, 0.5) is 19.0 Å². The minimum atomic E-state index is -4.37. The molecule has 21 heavy (non-hydrogen) atoms. The van der Waals surface area contributed by atoms with Gasteiger partial charge in [-0.15, -0.1) is 0 Å². The molecule has 0 atom stereocenters. The number of rotatable bonds is 5. The number of aromatic nitrogens is 1. The van der Waals surface area contributed by atoms with Gasteiger partial charge in [-0.3, -0.25) is 0 Å². The second-order valence-electron chi connectivity index (χ2n) is 4.29. The Morgan fingerprint density at radius 3 is 2.62 bits per heavy atom. The minimum absolute atomic E-state index is 0.0206. The normalized spacial score (nSPS) is 11.2. The molecule has 2 aromatic rings. The SMILES string of the molecule is CCOc1cccnc1NCc1ccccc1C(F)(F)F. The standard InChI is InChI=1S/C15H15F3N2O/c1-2-21-13-8-5-9-19-14(13)20-10-11-6-3-4-7-12(11)15(16,17)18/h3-9H,2,10H2,1H3,(H,19,20). The summed E-state index contributed by atoms with van der Waals surface area (Å²) in [6.45, 7) is 2.31. The molecule has 0 radical (unpaired) electrons. The number of pyridine rings is 1. The average Bonchev–Trinajstić information content (AvgIpc) is 2.46. The topological polar surface area (TPSA) is 34.1 Å². The molecule has 0 saturated carbocycles. The smallest absolute Gasteiger partial charge is 0.416 e. The van der Waals surface area contributed by atoms with E-state index in [2.05, 4.69) is 10.3 Å². The molecule has 0 bridgehead atoms. The van der Waals surface area contributed by atoms with Crippen LogP contribution >= 0.6 is 0 Å². The predicted molar refractivity (Wildman–Crippen MR) is 74.2 cm³/mol. The molecule has 112 valence electrons. The molecule has 0 unspecified atom stereocenters. The van der Waals surface area contributed by atoms with E-state index in [9.17, 15) is 13.2 Å². The van der Waals surface area contributed by atoms with E-state index in [1.165, 1.54) is 12.1 Å². The Morgan fingerprint density at radius 2 is 1.90 bits per heavy atom. The van der Waals surface area contributed by atoms with Crippen LogP contribution in [-0.4, -0.2) is 11.6 Å². The van der Waals surface area contributed by atoms with Gasteiger partial charge in [0.1, 0.15) is 0 Å². The van der Waals surface area contributed by atoms with E-state index in [4.69, 9.17) is 4.74 Å². The number of alkyl halides is 3. The van der Waals surface area contributed by atoms with E-state index >= 15 is 0 Å². The lowest BCUT2D eigenvalue weighted by molar-refractivity contribution is -0.138. The summed E-state index contributed by atoms with van der Waals surface area (Å²) in [4.78, 5) is 4.09. The summed E-state index contributed by atoms with van der Waals surface area (Å²) in [5.41, 5.74) is -0.482. The van der Waals surface area contributed by atoms with Gasteiger partial charge in [0.15, 0.2) is 11.6 Å². The van der Waals surface area contributed by atoms with Gasteiger partial charge in [-0.1, -0.05) is 18.2 Å². The van der Waals surface area contributed by atoms with Crippen molar-refractivity contribution in [1.29, 1.82) is 0 Å². The molecular formula is C15H15F3N2O. The monoisotopic (exact) mass is 296 g/mol. The maximum Gasteiger partial charge on any atom is 0.416 e. The van der Waals surface area contributed by atoms with Gasteiger partial charge in [0.05, 0.1) is 12.2 Å². The first kappa shape index (κ1) is 15.2. The zero-order valence-corrected chi connectivity index (χ0v) is 11.4. The molecule has 0 aliphatic carbocycles. The van der Waals surface area contributed by atoms with Crippen molar-refractivity contribution in [3.63, 3.8) is 0 Å². The van der Waals surface area contributed by atoms with Crippen molar-refractivity contribution in [2.75, 3.05) is 11.9 Å². The molecule has 0 amide bonds. The fourth-order valence-corrected chi connectivity index (χ4v) is 1.93. The van der Waals surface area contributed by atoms with Crippen LogP contribution in [0.2, 0.25) is 0 Å². The van der Waals surface area contributed by atoms with Gasteiger partial charge in [-0.25, -0.2) is 4.98 Å². The largest absolute Gasteiger partial charge is 0.490 e. The van der Waals surface area contributed by atoms with Gasteiger partial charge in [-0.05, 0) is 30.7 Å². The number of nitrogens with one attached hydrogen (secondary N) is 1. The van der Waals surface area contributed by atoms with Crippen molar-refractivity contribution in [3.8, 4) is 5.75 Å². The Kier molecular flexibility index (Phi) is 4.67. The summed E-state index contributed by atoms with van der Waals surface area (Å²) >= 11 is 0. The molecule has 1 aromatic carbocycles. The molecule has 0 spiro atoms. The first-order chi connectivity index (χ1) is 10.0. The van der Waals surface area contributed by atoms with Gasteiger partial charge in [0.25, 0.3) is 0 Å². The van der Waals surface area contributed by atoms with Crippen LogP contribution in [0.25, 0.3) is 0 Å². The zero-order valence-electron chi connectivity index (χ0n) is 11.4. The average molecular weight is 296 g/mol. The maximum atomic E-state index is 12.9. The maximum absolute atomic E-state index is 12.9. The van der Waals surface area contributed by atoms with E-state index in [0.29, 0.717) is 18.2 Å². The predicted octanol–water partition coefficient (Wildman–Crippen LogP) is 4.11. The first-order valence-electron chi connectivity index (χ1n) is 6.49. The Bertz CT molecular complexity index is 599. The van der Waals surface area contributed by atoms with E-state index in [1.54, 1.807) is 24.4 Å². The Hall–Kier alpha value is -2.24. The van der Waals surface area contributed by atoms with Crippen LogP contribution in [0.3, 0.4) is 0 Å². The number of halogens is 3. The van der Waals surface area contributed by atoms with Crippen molar-refractivity contribution in [1.82, 2.24) is 4.98 Å². The molecule has 0 aliphatic rings. The number of hydrogen-bond donors (Lipinski definition) is 1. The Balaban J connectivity index is 2.18. The minimum Gasteiger partial charge on any atom is -0.490 e. The van der Waals surface area contributed by atoms with E-state index in [0.717, 1.165) is 6.07 Å². The summed E-state index contributed by atoms with van der Waals surface area (Å²) in [5.74, 6) is 0.945. The third kappa shape index (κ3) is 3.87. The highest BCUT2D eigenvalue weighted by Crippen LogP contribution is 2.32. The van der Waals surface area contributed by atoms with Crippen LogP contribution in [0.5, 0.6) is 5.75 Å². The molecule has 1 heterocycles. The van der Waals surface area contributed by atoms with Crippen molar-refractivity contribution < 1.29 is 17.9 Å². The number of benzene rings is 1. The van der Waals surface area contributed by atoms with E-state index in [-0.39, 0.29) is 12.1 Å². The van der Waals surface area contributed by atoms with Crippen LogP contribution < -0.4 is 10.1 Å². The highest BCUT2D eigenvalue weighted by atomic mass is 19.4. The molecule has 3 nitrogen and oxygen atoms in total. The van der Waals surface area contributed by atoms with Crippen molar-refractivity contribution in [2.45, 2.75) is 19.6 Å². The fourth-order valence-electron chi connectivity index (χ4n) is 1.93. The quantitative estimate of drug-likeness (QED) is 0.901. The molecule has 2 rings (SSSR count). The van der Waals surface area contributed by atoms with Crippen LogP contribution in [0.1, 0.15) is 18.1 Å². The summed E-state index contributed by atoms with van der Waals surface area (Å²) < 4.78 is 44.1. The third-order valence-electron chi connectivity index (χ3n) is 2.84. The Labute approximate surface area is 120 Å². The van der Waals surface area contributed by atoms with Gasteiger partial charge in [-0.2, -0.15) is 13.2 Å². The molecule has 6 heteroatoms. The van der Waals surface area contributed by atoms with Crippen molar-refractivity contribution in [2.24, 2.45) is 0 Å². The summed E-state index contributed by atoms with van der Waals surface area (Å²) in [6.07, 6.45) is -2.81. The van der Waals surface area contributed by atoms with Gasteiger partial charge in [0, 0.05) is 12.7 Å². The number of nitrogens with zero attached hydrogens (tertiary/aromatic N) is 1. The number of hydrogen-bond acceptors (Lipinski definition) is 3. The lowest BCUT2D eigenvalue weighted by Gasteiger charge is -2.15. The van der Waals surface area contributed by atoms with E-state index in [1.807, 2.05) is 6.92 Å². The van der Waals surface area contributed by atoms with Crippen molar-refractivity contribution in [3.05, 3.63) is 53.7 Å². The molecule has 0 saturated heterocycles. The van der Waals surface area contributed by atoms with Gasteiger partial charge < -0.3 is 10.1 Å². The van der Waals surface area contributed by atoms with Crippen LogP contribution in [0.15, 0.2) is 42.6 Å². The summed E-state index contributed by atoms with van der Waals surface area (Å²) in [7, 11) is 0. The second kappa shape index (κ2) is 6.47. The zero-order chi connectivity index (χ0) is 15.3. The van der Waals surface area contributed by atoms with Crippen LogP contribution in [-0.2, 0) is 12.7 Å². The lowest BCUT2D eigenvalue weighted by Crippen LogP contribution is -2.12. The highest BCUT2D eigenvalue weighted by Gasteiger charge is 2.32. The van der Waals surface area contributed by atoms with Gasteiger partial charge >= 0.3 is 6.18 Å². The molecule has 1 aromatic heterocycles.